The van der Waals surface area contributed by atoms with Gasteiger partial charge in [-0.15, -0.1) is 0 Å². The average molecular weight is 455 g/mol. The number of rotatable bonds is 3. The smallest absolute Gasteiger partial charge is 0.410 e. The van der Waals surface area contributed by atoms with Crippen LogP contribution in [0.4, 0.5) is 10.6 Å². The number of amides is 1. The van der Waals surface area contributed by atoms with Crippen molar-refractivity contribution < 1.29 is 14.3 Å². The first-order chi connectivity index (χ1) is 15.4. The van der Waals surface area contributed by atoms with E-state index in [2.05, 4.69) is 38.7 Å². The summed E-state index contributed by atoms with van der Waals surface area (Å²) in [5, 5.41) is 10.2. The standard InChI is InChI=1S/C26H38N4O3/c1-16(2)21-14-29(10-11-30(21)24(31)33-25(3,4)5)23-19(13-27)18-12-26(6,7)32-15-20(18)22(28-23)17-8-9-17/h16-17,21H,8-12,14-15H2,1-7H3. The molecular formula is C26H38N4O3. The molecule has 2 fully saturated rings. The maximum absolute atomic E-state index is 12.9. The number of ether oxygens (including phenoxy) is 2. The van der Waals surface area contributed by atoms with Crippen LogP contribution in [-0.4, -0.2) is 52.9 Å². The summed E-state index contributed by atoms with van der Waals surface area (Å²) in [6, 6.07) is 2.48. The Morgan fingerprint density at radius 2 is 1.94 bits per heavy atom. The second kappa shape index (κ2) is 8.47. The van der Waals surface area contributed by atoms with Crippen molar-refractivity contribution in [3.63, 3.8) is 0 Å². The molecule has 3 aliphatic rings. The van der Waals surface area contributed by atoms with Gasteiger partial charge < -0.3 is 19.3 Å². The minimum atomic E-state index is -0.530. The molecule has 33 heavy (non-hydrogen) atoms. The fourth-order valence-electron chi connectivity index (χ4n) is 4.94. The Morgan fingerprint density at radius 3 is 2.52 bits per heavy atom. The van der Waals surface area contributed by atoms with E-state index in [9.17, 15) is 10.1 Å². The SMILES string of the molecule is CC(C)C1CN(c2nc(C3CC3)c3c(c2C#N)CC(C)(C)OC3)CCN1C(=O)OC(C)(C)C. The zero-order chi connectivity index (χ0) is 24.1. The Kier molecular flexibility index (Phi) is 6.11. The van der Waals surface area contributed by atoms with Crippen LogP contribution in [0.5, 0.6) is 0 Å². The van der Waals surface area contributed by atoms with Gasteiger partial charge in [-0.05, 0) is 58.9 Å². The second-order valence-corrected chi connectivity index (χ2v) is 11.7. The lowest BCUT2D eigenvalue weighted by Gasteiger charge is -2.44. The predicted octanol–water partition coefficient (Wildman–Crippen LogP) is 4.76. The molecule has 180 valence electrons. The lowest BCUT2D eigenvalue weighted by atomic mass is 9.87. The normalized spacial score (nSPS) is 22.7. The lowest BCUT2D eigenvalue weighted by molar-refractivity contribution is -0.0407. The number of hydrogen-bond donors (Lipinski definition) is 0. The Bertz CT molecular complexity index is 969. The van der Waals surface area contributed by atoms with Crippen molar-refractivity contribution in [1.29, 1.82) is 5.26 Å². The second-order valence-electron chi connectivity index (χ2n) is 11.7. The molecule has 1 unspecified atom stereocenters. The number of nitriles is 1. The summed E-state index contributed by atoms with van der Waals surface area (Å²) in [7, 11) is 0. The van der Waals surface area contributed by atoms with Gasteiger partial charge in [0.1, 0.15) is 17.5 Å². The molecule has 0 N–H and O–H groups in total. The number of hydrogen-bond acceptors (Lipinski definition) is 6. The van der Waals surface area contributed by atoms with Gasteiger partial charge in [0.2, 0.25) is 0 Å². The molecule has 1 atom stereocenters. The summed E-state index contributed by atoms with van der Waals surface area (Å²) in [5.74, 6) is 1.50. The summed E-state index contributed by atoms with van der Waals surface area (Å²) in [5.41, 5.74) is 3.21. The van der Waals surface area contributed by atoms with E-state index in [1.165, 1.54) is 0 Å². The highest BCUT2D eigenvalue weighted by Crippen LogP contribution is 2.46. The van der Waals surface area contributed by atoms with Gasteiger partial charge in [0.25, 0.3) is 0 Å². The first-order valence-electron chi connectivity index (χ1n) is 12.2. The van der Waals surface area contributed by atoms with Gasteiger partial charge in [0.05, 0.1) is 29.5 Å². The average Bonchev–Trinajstić information content (AvgIpc) is 3.55. The molecule has 2 aliphatic heterocycles. The van der Waals surface area contributed by atoms with Crippen molar-refractivity contribution in [2.75, 3.05) is 24.5 Å². The van der Waals surface area contributed by atoms with Crippen LogP contribution in [0.15, 0.2) is 0 Å². The van der Waals surface area contributed by atoms with Crippen LogP contribution in [0, 0.1) is 17.2 Å². The summed E-state index contributed by atoms with van der Waals surface area (Å²) in [6.07, 6.45) is 2.74. The van der Waals surface area contributed by atoms with Crippen LogP contribution in [0.2, 0.25) is 0 Å². The van der Waals surface area contributed by atoms with Crippen LogP contribution in [0.3, 0.4) is 0 Å². The van der Waals surface area contributed by atoms with Crippen molar-refractivity contribution >= 4 is 11.9 Å². The maximum atomic E-state index is 12.9. The summed E-state index contributed by atoms with van der Waals surface area (Å²) in [4.78, 5) is 22.1. The van der Waals surface area contributed by atoms with Gasteiger partial charge in [-0.1, -0.05) is 13.8 Å². The summed E-state index contributed by atoms with van der Waals surface area (Å²) >= 11 is 0. The van der Waals surface area contributed by atoms with Gasteiger partial charge in [0.15, 0.2) is 0 Å². The Labute approximate surface area is 198 Å². The number of carbonyl (C=O) groups excluding carboxylic acids is 1. The van der Waals surface area contributed by atoms with Gasteiger partial charge >= 0.3 is 6.09 Å². The maximum Gasteiger partial charge on any atom is 0.410 e. The highest BCUT2D eigenvalue weighted by molar-refractivity contribution is 5.70. The largest absolute Gasteiger partial charge is 0.444 e. The van der Waals surface area contributed by atoms with Gasteiger partial charge in [-0.2, -0.15) is 5.26 Å². The third kappa shape index (κ3) is 4.96. The van der Waals surface area contributed by atoms with Gasteiger partial charge in [0, 0.05) is 37.5 Å². The van der Waals surface area contributed by atoms with E-state index < -0.39 is 5.60 Å². The number of pyridine rings is 1. The monoisotopic (exact) mass is 454 g/mol. The number of aromatic nitrogens is 1. The van der Waals surface area contributed by atoms with Gasteiger partial charge in [-0.3, -0.25) is 0 Å². The van der Waals surface area contributed by atoms with Crippen molar-refractivity contribution in [1.82, 2.24) is 9.88 Å². The topological polar surface area (TPSA) is 78.7 Å². The number of nitrogens with zero attached hydrogens (tertiary/aromatic N) is 4. The molecule has 3 heterocycles. The van der Waals surface area contributed by atoms with Gasteiger partial charge in [-0.25, -0.2) is 9.78 Å². The highest BCUT2D eigenvalue weighted by atomic mass is 16.6. The van der Waals surface area contributed by atoms with Crippen molar-refractivity contribution in [2.24, 2.45) is 5.92 Å². The number of anilines is 1. The molecule has 7 nitrogen and oxygen atoms in total. The third-order valence-electron chi connectivity index (χ3n) is 6.83. The molecule has 1 saturated heterocycles. The number of fused-ring (bicyclic) bond motifs is 1. The van der Waals surface area contributed by atoms with E-state index in [1.54, 1.807) is 0 Å². The van der Waals surface area contributed by atoms with Crippen LogP contribution >= 0.6 is 0 Å². The lowest BCUT2D eigenvalue weighted by Crippen LogP contribution is -2.58. The number of carbonyl (C=O) groups is 1. The quantitative estimate of drug-likeness (QED) is 0.655. The molecule has 4 rings (SSSR count). The van der Waals surface area contributed by atoms with Crippen molar-refractivity contribution in [2.45, 2.75) is 97.5 Å². The molecule has 0 spiro atoms. The van der Waals surface area contributed by atoms with E-state index in [0.29, 0.717) is 44.1 Å². The minimum absolute atomic E-state index is 0.0119. The van der Waals surface area contributed by atoms with E-state index in [0.717, 1.165) is 35.5 Å². The third-order valence-corrected chi connectivity index (χ3v) is 6.83. The van der Waals surface area contributed by atoms with E-state index in [1.807, 2.05) is 25.7 Å². The minimum Gasteiger partial charge on any atom is -0.444 e. The first kappa shape index (κ1) is 23.8. The van der Waals surface area contributed by atoms with Crippen LogP contribution < -0.4 is 4.90 Å². The summed E-state index contributed by atoms with van der Waals surface area (Å²) < 4.78 is 11.8. The Morgan fingerprint density at radius 1 is 1.24 bits per heavy atom. The molecule has 1 aliphatic carbocycles. The molecule has 1 aromatic rings. The molecule has 0 bridgehead atoms. The molecule has 0 aromatic carbocycles. The Balaban J connectivity index is 1.69. The van der Waals surface area contributed by atoms with Crippen molar-refractivity contribution in [3.8, 4) is 6.07 Å². The first-order valence-corrected chi connectivity index (χ1v) is 12.2. The highest BCUT2D eigenvalue weighted by Gasteiger charge is 2.40. The zero-order valence-corrected chi connectivity index (χ0v) is 21.2. The zero-order valence-electron chi connectivity index (χ0n) is 21.2. The fourth-order valence-corrected chi connectivity index (χ4v) is 4.94. The van der Waals surface area contributed by atoms with Crippen LogP contribution in [-0.2, 0) is 22.5 Å². The van der Waals surface area contributed by atoms with Crippen molar-refractivity contribution in [3.05, 3.63) is 22.4 Å². The molecular weight excluding hydrogens is 416 g/mol. The molecule has 1 amide bonds. The molecule has 7 heteroatoms. The fraction of sp³-hybridized carbons (Fsp3) is 0.731. The summed E-state index contributed by atoms with van der Waals surface area (Å²) in [6.45, 7) is 16.5. The van der Waals surface area contributed by atoms with E-state index in [4.69, 9.17) is 14.5 Å². The molecule has 1 aromatic heterocycles. The molecule has 0 radical (unpaired) electrons. The predicted molar refractivity (Wildman–Crippen MR) is 127 cm³/mol. The Hall–Kier alpha value is -2.33. The van der Waals surface area contributed by atoms with Crippen LogP contribution in [0.25, 0.3) is 0 Å². The molecule has 1 saturated carbocycles. The number of piperazine rings is 1. The van der Waals surface area contributed by atoms with E-state index in [-0.39, 0.29) is 23.7 Å². The van der Waals surface area contributed by atoms with E-state index >= 15 is 0 Å². The van der Waals surface area contributed by atoms with Crippen LogP contribution in [0.1, 0.15) is 89.6 Å².